The molecular weight excluding hydrogens is 524 g/mol. The van der Waals surface area contributed by atoms with Crippen molar-refractivity contribution in [3.05, 3.63) is 47.5 Å². The molecule has 0 spiro atoms. The fraction of sp³-hybridized carbons (Fsp3) is 0.562. The van der Waals surface area contributed by atoms with Crippen LogP contribution in [0.5, 0.6) is 23.0 Å². The molecule has 2 aromatic carbocycles. The monoisotopic (exact) mass is 568 g/mol. The number of amides is 2. The second kappa shape index (κ2) is 13.9. The van der Waals surface area contributed by atoms with E-state index in [1.54, 1.807) is 28.4 Å². The number of hydrogen-bond donors (Lipinski definition) is 2. The van der Waals surface area contributed by atoms with Crippen LogP contribution in [0.2, 0.25) is 0 Å². The number of hydrogen-bond acceptors (Lipinski definition) is 7. The number of carbonyl (C=O) groups excluding carboxylic acids is 2. The maximum Gasteiger partial charge on any atom is 0.220 e. The lowest BCUT2D eigenvalue weighted by Crippen LogP contribution is -2.45. The maximum atomic E-state index is 12.9. The Morgan fingerprint density at radius 3 is 1.49 bits per heavy atom. The molecule has 0 bridgehead atoms. The molecule has 9 nitrogen and oxygen atoms in total. The van der Waals surface area contributed by atoms with Crippen molar-refractivity contribution in [1.82, 2.24) is 10.6 Å². The van der Waals surface area contributed by atoms with E-state index in [1.807, 2.05) is 30.3 Å². The van der Waals surface area contributed by atoms with Crippen molar-refractivity contribution in [2.75, 3.05) is 54.7 Å². The third-order valence-corrected chi connectivity index (χ3v) is 8.83. The van der Waals surface area contributed by atoms with Crippen LogP contribution >= 0.6 is 0 Å². The molecule has 0 aromatic heterocycles. The normalized spacial score (nSPS) is 17.4. The van der Waals surface area contributed by atoms with Crippen LogP contribution in [0.4, 0.5) is 0 Å². The maximum absolute atomic E-state index is 12.9. The van der Waals surface area contributed by atoms with Crippen LogP contribution in [-0.4, -0.2) is 66.6 Å². The topological polar surface area (TPSA) is 104 Å². The zero-order chi connectivity index (χ0) is 29.3. The lowest BCUT2D eigenvalue weighted by atomic mass is 9.74. The molecule has 1 aliphatic carbocycles. The van der Waals surface area contributed by atoms with Crippen molar-refractivity contribution < 1.29 is 33.3 Å². The summed E-state index contributed by atoms with van der Waals surface area (Å²) in [7, 11) is 6.49. The van der Waals surface area contributed by atoms with Gasteiger partial charge in [-0.3, -0.25) is 9.59 Å². The van der Waals surface area contributed by atoms with E-state index in [0.29, 0.717) is 49.3 Å². The number of rotatable bonds is 13. The Balaban J connectivity index is 1.33. The average Bonchev–Trinajstić information content (AvgIpc) is 3.51. The van der Waals surface area contributed by atoms with Crippen LogP contribution in [0.15, 0.2) is 36.4 Å². The van der Waals surface area contributed by atoms with Crippen LogP contribution in [0.3, 0.4) is 0 Å². The summed E-state index contributed by atoms with van der Waals surface area (Å²) in [6.07, 6.45) is 6.03. The van der Waals surface area contributed by atoms with Gasteiger partial charge in [0.25, 0.3) is 0 Å². The highest BCUT2D eigenvalue weighted by molar-refractivity contribution is 5.83. The van der Waals surface area contributed by atoms with Gasteiger partial charge in [-0.1, -0.05) is 25.0 Å². The third kappa shape index (κ3) is 7.07. The molecule has 224 valence electrons. The molecule has 1 heterocycles. The number of ether oxygens (including phenoxy) is 5. The largest absolute Gasteiger partial charge is 0.493 e. The standard InChI is InChI=1S/C32H44N2O7/c1-37-25-9-7-23(19-27(25)39-3)31(13-5-6-14-31)21-33-29(35)11-12-30(36)34-22-32(15-17-41-18-16-32)24-8-10-26(38-2)28(20-24)40-4/h7-10,19-20H,5-6,11-18,21-22H2,1-4H3,(H,33,35)(H,34,36). The summed E-state index contributed by atoms with van der Waals surface area (Å²) < 4.78 is 27.5. The molecule has 1 saturated carbocycles. The van der Waals surface area contributed by atoms with Gasteiger partial charge in [0.1, 0.15) is 0 Å². The van der Waals surface area contributed by atoms with E-state index in [4.69, 9.17) is 23.7 Å². The van der Waals surface area contributed by atoms with Crippen LogP contribution < -0.4 is 29.6 Å². The van der Waals surface area contributed by atoms with Crippen molar-refractivity contribution >= 4 is 11.8 Å². The molecule has 2 aromatic rings. The summed E-state index contributed by atoms with van der Waals surface area (Å²) in [5, 5.41) is 6.21. The molecular formula is C32H44N2O7. The van der Waals surface area contributed by atoms with Gasteiger partial charge in [-0.25, -0.2) is 0 Å². The summed E-state index contributed by atoms with van der Waals surface area (Å²) in [6, 6.07) is 11.9. The van der Waals surface area contributed by atoms with Crippen molar-refractivity contribution in [1.29, 1.82) is 0 Å². The first kappa shape index (κ1) is 30.5. The second-order valence-electron chi connectivity index (χ2n) is 11.1. The summed E-state index contributed by atoms with van der Waals surface area (Å²) in [4.78, 5) is 25.7. The molecule has 2 N–H and O–H groups in total. The number of benzene rings is 2. The Labute approximate surface area is 243 Å². The Hall–Kier alpha value is -3.46. The van der Waals surface area contributed by atoms with E-state index >= 15 is 0 Å². The zero-order valence-electron chi connectivity index (χ0n) is 24.8. The number of carbonyl (C=O) groups is 2. The fourth-order valence-electron chi connectivity index (χ4n) is 6.22. The minimum Gasteiger partial charge on any atom is -0.493 e. The lowest BCUT2D eigenvalue weighted by molar-refractivity contribution is -0.126. The highest BCUT2D eigenvalue weighted by atomic mass is 16.5. The lowest BCUT2D eigenvalue weighted by Gasteiger charge is -2.38. The van der Waals surface area contributed by atoms with E-state index in [-0.39, 0.29) is 35.5 Å². The molecule has 1 aliphatic heterocycles. The van der Waals surface area contributed by atoms with Gasteiger partial charge in [-0.15, -0.1) is 0 Å². The Morgan fingerprint density at radius 1 is 0.659 bits per heavy atom. The summed E-state index contributed by atoms with van der Waals surface area (Å²) in [5.74, 6) is 2.45. The molecule has 4 rings (SSSR count). The van der Waals surface area contributed by atoms with E-state index in [1.165, 1.54) is 0 Å². The zero-order valence-corrected chi connectivity index (χ0v) is 24.8. The fourth-order valence-corrected chi connectivity index (χ4v) is 6.22. The highest BCUT2D eigenvalue weighted by Gasteiger charge is 2.37. The Bertz CT molecular complexity index is 1190. The van der Waals surface area contributed by atoms with Gasteiger partial charge in [-0.2, -0.15) is 0 Å². The smallest absolute Gasteiger partial charge is 0.220 e. The minimum absolute atomic E-state index is 0.118. The van der Waals surface area contributed by atoms with E-state index in [2.05, 4.69) is 16.7 Å². The third-order valence-electron chi connectivity index (χ3n) is 8.83. The minimum atomic E-state index is -0.274. The SMILES string of the molecule is COc1ccc(C2(CNC(=O)CCC(=O)NCC3(c4ccc(OC)c(OC)c4)CCOCC3)CCCC2)cc1OC. The van der Waals surface area contributed by atoms with E-state index in [9.17, 15) is 9.59 Å². The van der Waals surface area contributed by atoms with Gasteiger partial charge in [0.15, 0.2) is 23.0 Å². The summed E-state index contributed by atoms with van der Waals surface area (Å²) in [6.45, 7) is 2.24. The van der Waals surface area contributed by atoms with Crippen LogP contribution in [-0.2, 0) is 25.2 Å². The summed E-state index contributed by atoms with van der Waals surface area (Å²) in [5.41, 5.74) is 1.80. The number of nitrogens with one attached hydrogen (secondary N) is 2. The van der Waals surface area contributed by atoms with Gasteiger partial charge < -0.3 is 34.3 Å². The average molecular weight is 569 g/mol. The Morgan fingerprint density at radius 2 is 1.07 bits per heavy atom. The molecule has 2 fully saturated rings. The van der Waals surface area contributed by atoms with E-state index < -0.39 is 0 Å². The predicted octanol–water partition coefficient (Wildman–Crippen LogP) is 4.29. The van der Waals surface area contributed by atoms with Gasteiger partial charge in [0.05, 0.1) is 28.4 Å². The van der Waals surface area contributed by atoms with Crippen LogP contribution in [0, 0.1) is 0 Å². The molecule has 2 aliphatic rings. The quantitative estimate of drug-likeness (QED) is 0.371. The molecule has 1 saturated heterocycles. The molecule has 0 atom stereocenters. The van der Waals surface area contributed by atoms with Crippen molar-refractivity contribution in [2.45, 2.75) is 62.2 Å². The first-order chi connectivity index (χ1) is 19.9. The highest BCUT2D eigenvalue weighted by Crippen LogP contribution is 2.43. The van der Waals surface area contributed by atoms with Crippen LogP contribution in [0.25, 0.3) is 0 Å². The molecule has 0 unspecified atom stereocenters. The van der Waals surface area contributed by atoms with Crippen LogP contribution in [0.1, 0.15) is 62.5 Å². The van der Waals surface area contributed by atoms with E-state index in [0.717, 1.165) is 49.7 Å². The molecule has 9 heteroatoms. The van der Waals surface area contributed by atoms with Crippen molar-refractivity contribution in [2.24, 2.45) is 0 Å². The van der Waals surface area contributed by atoms with Gasteiger partial charge in [0.2, 0.25) is 11.8 Å². The molecule has 2 amide bonds. The first-order valence-electron chi connectivity index (χ1n) is 14.4. The summed E-state index contributed by atoms with van der Waals surface area (Å²) >= 11 is 0. The molecule has 41 heavy (non-hydrogen) atoms. The van der Waals surface area contributed by atoms with Gasteiger partial charge in [-0.05, 0) is 61.1 Å². The van der Waals surface area contributed by atoms with Gasteiger partial charge in [0, 0.05) is 50.0 Å². The van der Waals surface area contributed by atoms with Crippen molar-refractivity contribution in [3.63, 3.8) is 0 Å². The Kier molecular flexibility index (Phi) is 10.4. The first-order valence-corrected chi connectivity index (χ1v) is 14.4. The molecule has 0 radical (unpaired) electrons. The van der Waals surface area contributed by atoms with Crippen molar-refractivity contribution in [3.8, 4) is 23.0 Å². The predicted molar refractivity (Wildman–Crippen MR) is 156 cm³/mol. The number of methoxy groups -OCH3 is 4. The second-order valence-corrected chi connectivity index (χ2v) is 11.1. The van der Waals surface area contributed by atoms with Gasteiger partial charge >= 0.3 is 0 Å².